The minimum absolute atomic E-state index is 0.0998. The molecular weight excluding hydrogens is 408 g/mol. The van der Waals surface area contributed by atoms with Crippen LogP contribution in [0, 0.1) is 0 Å². The Kier molecular flexibility index (Phi) is 6.22. The van der Waals surface area contributed by atoms with Crippen LogP contribution in [0.1, 0.15) is 21.5 Å². The van der Waals surface area contributed by atoms with Crippen molar-refractivity contribution in [1.29, 1.82) is 0 Å². The molecule has 27 heavy (non-hydrogen) atoms. The van der Waals surface area contributed by atoms with Gasteiger partial charge >= 0.3 is 0 Å². The van der Waals surface area contributed by atoms with Crippen molar-refractivity contribution in [2.45, 2.75) is 6.61 Å². The molecule has 0 saturated carbocycles. The van der Waals surface area contributed by atoms with Crippen LogP contribution in [0.5, 0.6) is 11.5 Å². The van der Waals surface area contributed by atoms with Gasteiger partial charge in [0.1, 0.15) is 18.1 Å². The van der Waals surface area contributed by atoms with Gasteiger partial charge in [0.25, 0.3) is 5.91 Å². The van der Waals surface area contributed by atoms with Gasteiger partial charge in [-0.1, -0.05) is 40.2 Å². The van der Waals surface area contributed by atoms with Crippen molar-refractivity contribution in [3.8, 4) is 11.5 Å². The van der Waals surface area contributed by atoms with Crippen molar-refractivity contribution in [2.75, 3.05) is 0 Å². The highest BCUT2D eigenvalue weighted by Crippen LogP contribution is 2.16. The van der Waals surface area contributed by atoms with Gasteiger partial charge in [0.15, 0.2) is 0 Å². The molecule has 0 aliphatic heterocycles. The Morgan fingerprint density at radius 2 is 1.74 bits per heavy atom. The average Bonchev–Trinajstić information content (AvgIpc) is 2.69. The summed E-state index contributed by atoms with van der Waals surface area (Å²) in [6, 6.07) is 21.4. The number of halogens is 1. The van der Waals surface area contributed by atoms with E-state index in [1.807, 2.05) is 24.3 Å². The molecule has 0 saturated heterocycles. The van der Waals surface area contributed by atoms with Crippen LogP contribution in [-0.2, 0) is 6.61 Å². The zero-order valence-corrected chi connectivity index (χ0v) is 15.9. The quantitative estimate of drug-likeness (QED) is 0.452. The highest BCUT2D eigenvalue weighted by atomic mass is 79.9. The van der Waals surface area contributed by atoms with Crippen molar-refractivity contribution >= 4 is 28.1 Å². The van der Waals surface area contributed by atoms with Crippen LogP contribution in [-0.4, -0.2) is 17.2 Å². The monoisotopic (exact) mass is 424 g/mol. The second kappa shape index (κ2) is 9.00. The van der Waals surface area contributed by atoms with E-state index in [9.17, 15) is 9.90 Å². The molecule has 0 aromatic heterocycles. The third-order valence-corrected chi connectivity index (χ3v) is 4.27. The second-order valence-corrected chi connectivity index (χ2v) is 6.61. The molecular formula is C21H17BrN2O3. The molecule has 3 rings (SSSR count). The van der Waals surface area contributed by atoms with Crippen LogP contribution in [0.25, 0.3) is 0 Å². The number of amides is 1. The molecule has 0 radical (unpaired) electrons. The third-order valence-electron chi connectivity index (χ3n) is 3.74. The molecule has 0 fully saturated rings. The first-order chi connectivity index (χ1) is 13.1. The van der Waals surface area contributed by atoms with Gasteiger partial charge < -0.3 is 9.84 Å². The number of nitrogens with one attached hydrogen (secondary N) is 1. The first kappa shape index (κ1) is 18.7. The maximum Gasteiger partial charge on any atom is 0.271 e. The number of ether oxygens (including phenoxy) is 1. The number of phenols is 1. The van der Waals surface area contributed by atoms with Crippen molar-refractivity contribution in [3.05, 3.63) is 94.0 Å². The fraction of sp³-hybridized carbons (Fsp3) is 0.0476. The summed E-state index contributed by atoms with van der Waals surface area (Å²) in [5, 5.41) is 13.5. The van der Waals surface area contributed by atoms with E-state index in [0.29, 0.717) is 23.5 Å². The highest BCUT2D eigenvalue weighted by Gasteiger charge is 2.05. The predicted molar refractivity (Wildman–Crippen MR) is 108 cm³/mol. The summed E-state index contributed by atoms with van der Waals surface area (Å²) >= 11 is 3.40. The summed E-state index contributed by atoms with van der Waals surface area (Å²) in [6.07, 6.45) is 1.39. The molecule has 3 aromatic rings. The molecule has 2 N–H and O–H groups in total. The zero-order chi connectivity index (χ0) is 19.1. The molecule has 0 bridgehead atoms. The highest BCUT2D eigenvalue weighted by molar-refractivity contribution is 9.10. The molecule has 0 aliphatic rings. The van der Waals surface area contributed by atoms with Crippen molar-refractivity contribution in [1.82, 2.24) is 5.43 Å². The van der Waals surface area contributed by atoms with Gasteiger partial charge in [0.05, 0.1) is 6.21 Å². The lowest BCUT2D eigenvalue weighted by Gasteiger charge is -2.07. The topological polar surface area (TPSA) is 70.9 Å². The smallest absolute Gasteiger partial charge is 0.271 e. The first-order valence-corrected chi connectivity index (χ1v) is 9.00. The molecule has 0 atom stereocenters. The van der Waals surface area contributed by atoms with Crippen LogP contribution in [0.4, 0.5) is 0 Å². The Labute approximate surface area is 165 Å². The zero-order valence-electron chi connectivity index (χ0n) is 14.3. The summed E-state index contributed by atoms with van der Waals surface area (Å²) < 4.78 is 6.73. The fourth-order valence-corrected chi connectivity index (χ4v) is 2.54. The van der Waals surface area contributed by atoms with Crippen molar-refractivity contribution in [3.63, 3.8) is 0 Å². The molecule has 0 unspecified atom stereocenters. The van der Waals surface area contributed by atoms with E-state index in [2.05, 4.69) is 26.5 Å². The maximum atomic E-state index is 12.1. The number of hydrogen-bond donors (Lipinski definition) is 2. The number of hydrazone groups is 1. The maximum absolute atomic E-state index is 12.1. The molecule has 1 amide bonds. The van der Waals surface area contributed by atoms with E-state index in [1.165, 1.54) is 6.21 Å². The van der Waals surface area contributed by atoms with Gasteiger partial charge in [0.2, 0.25) is 0 Å². The molecule has 6 heteroatoms. The normalized spacial score (nSPS) is 10.7. The van der Waals surface area contributed by atoms with Gasteiger partial charge in [-0.2, -0.15) is 5.10 Å². The van der Waals surface area contributed by atoms with Gasteiger partial charge in [-0.05, 0) is 54.1 Å². The summed E-state index contributed by atoms with van der Waals surface area (Å²) in [7, 11) is 0. The van der Waals surface area contributed by atoms with Crippen LogP contribution in [0.15, 0.2) is 82.4 Å². The lowest BCUT2D eigenvalue weighted by molar-refractivity contribution is 0.0955. The third kappa shape index (κ3) is 5.43. The van der Waals surface area contributed by atoms with Crippen LogP contribution >= 0.6 is 15.9 Å². The number of benzene rings is 3. The van der Waals surface area contributed by atoms with Crippen molar-refractivity contribution < 1.29 is 14.6 Å². The Balaban J connectivity index is 1.54. The lowest BCUT2D eigenvalue weighted by Crippen LogP contribution is -2.17. The number of aromatic hydroxyl groups is 1. The number of hydrogen-bond acceptors (Lipinski definition) is 4. The van der Waals surface area contributed by atoms with Crippen molar-refractivity contribution in [2.24, 2.45) is 5.10 Å². The second-order valence-electron chi connectivity index (χ2n) is 5.70. The minimum Gasteiger partial charge on any atom is -0.507 e. The van der Waals surface area contributed by atoms with Gasteiger partial charge in [-0.3, -0.25) is 4.79 Å². The lowest BCUT2D eigenvalue weighted by atomic mass is 10.2. The SMILES string of the molecule is O=C(N/N=C/c1ccccc1O)c1ccc(OCc2ccc(Br)cc2)cc1. The Hall–Kier alpha value is -3.12. The number of rotatable bonds is 6. The number of carbonyl (C=O) groups is 1. The summed E-state index contributed by atoms with van der Waals surface area (Å²) in [4.78, 5) is 12.1. The fourth-order valence-electron chi connectivity index (χ4n) is 2.27. The van der Waals surface area contributed by atoms with Crippen LogP contribution in [0.2, 0.25) is 0 Å². The summed E-state index contributed by atoms with van der Waals surface area (Å²) in [5.74, 6) is 0.427. The number of phenolic OH excluding ortho intramolecular Hbond substituents is 1. The molecule has 0 heterocycles. The largest absolute Gasteiger partial charge is 0.507 e. The van der Waals surface area contributed by atoms with E-state index in [-0.39, 0.29) is 11.7 Å². The molecule has 136 valence electrons. The van der Waals surface area contributed by atoms with Crippen LogP contribution in [0.3, 0.4) is 0 Å². The van der Waals surface area contributed by atoms with Gasteiger partial charge in [-0.15, -0.1) is 0 Å². The van der Waals surface area contributed by atoms with Gasteiger partial charge in [-0.25, -0.2) is 5.43 Å². The van der Waals surface area contributed by atoms with E-state index in [1.54, 1.807) is 48.5 Å². The predicted octanol–water partition coefficient (Wildman–Crippen LogP) is 4.50. The van der Waals surface area contributed by atoms with Crippen LogP contribution < -0.4 is 10.2 Å². The molecule has 5 nitrogen and oxygen atoms in total. The van der Waals surface area contributed by atoms with E-state index in [4.69, 9.17) is 4.74 Å². The number of carbonyl (C=O) groups excluding carboxylic acids is 1. The van der Waals surface area contributed by atoms with E-state index >= 15 is 0 Å². The first-order valence-electron chi connectivity index (χ1n) is 8.20. The summed E-state index contributed by atoms with van der Waals surface area (Å²) in [5.41, 5.74) is 4.47. The Morgan fingerprint density at radius 1 is 1.04 bits per heavy atom. The van der Waals surface area contributed by atoms with E-state index < -0.39 is 0 Å². The standard InChI is InChI=1S/C21H17BrN2O3/c22-18-9-5-15(6-10-18)14-27-19-11-7-16(8-12-19)21(26)24-23-13-17-3-1-2-4-20(17)25/h1-13,25H,14H2,(H,24,26)/b23-13+. The van der Waals surface area contributed by atoms with Gasteiger partial charge in [0, 0.05) is 15.6 Å². The number of nitrogens with zero attached hydrogens (tertiary/aromatic N) is 1. The Bertz CT molecular complexity index is 938. The molecule has 0 aliphatic carbocycles. The summed E-state index contributed by atoms with van der Waals surface area (Å²) in [6.45, 7) is 0.448. The number of para-hydroxylation sites is 1. The van der Waals surface area contributed by atoms with E-state index in [0.717, 1.165) is 10.0 Å². The average molecular weight is 425 g/mol. The Morgan fingerprint density at radius 3 is 2.44 bits per heavy atom. The molecule has 0 spiro atoms. The molecule has 3 aromatic carbocycles. The minimum atomic E-state index is -0.346.